The van der Waals surface area contributed by atoms with Gasteiger partial charge in [0.15, 0.2) is 0 Å². The molecule has 0 aromatic heterocycles. The Morgan fingerprint density at radius 2 is 1.94 bits per heavy atom. The van der Waals surface area contributed by atoms with E-state index in [1.165, 1.54) is 7.05 Å². The summed E-state index contributed by atoms with van der Waals surface area (Å²) in [5.41, 5.74) is 1.66. The van der Waals surface area contributed by atoms with Crippen LogP contribution in [0.1, 0.15) is 11.1 Å². The Morgan fingerprint density at radius 1 is 1.24 bits per heavy atom. The monoisotopic (exact) mass is 249 g/mol. The van der Waals surface area contributed by atoms with E-state index in [0.717, 1.165) is 11.1 Å². The predicted molar refractivity (Wildman–Crippen MR) is 72.0 cm³/mol. The van der Waals surface area contributed by atoms with Crippen LogP contribution in [0, 0.1) is 0 Å². The Bertz CT molecular complexity index is 557. The van der Waals surface area contributed by atoms with E-state index in [1.807, 2.05) is 6.08 Å². The second-order valence-corrected chi connectivity index (χ2v) is 5.18. The number of hydrogen-bond donors (Lipinski definition) is 1. The van der Waals surface area contributed by atoms with E-state index in [2.05, 4.69) is 17.9 Å². The quantitative estimate of drug-likeness (QED) is 0.815. The van der Waals surface area contributed by atoms with Gasteiger partial charge >= 0.3 is 0 Å². The van der Waals surface area contributed by atoms with Crippen molar-refractivity contribution in [3.05, 3.63) is 54.6 Å². The van der Waals surface area contributed by atoms with Gasteiger partial charge in [-0.05, 0) is 30.3 Å². The molecule has 4 heteroatoms. The summed E-state index contributed by atoms with van der Waals surface area (Å²) in [5.74, 6) is 0. The first kappa shape index (κ1) is 13.4. The molecule has 1 aromatic carbocycles. The highest BCUT2D eigenvalue weighted by Gasteiger charge is 2.11. The average molecular weight is 249 g/mol. The van der Waals surface area contributed by atoms with Crippen molar-refractivity contribution in [1.29, 1.82) is 0 Å². The Hall–Kier alpha value is -1.65. The summed E-state index contributed by atoms with van der Waals surface area (Å²) >= 11 is 0. The number of rotatable bonds is 5. The molecule has 0 saturated heterocycles. The highest BCUT2D eigenvalue weighted by Crippen LogP contribution is 2.18. The fourth-order valence-corrected chi connectivity index (χ4v) is 2.10. The van der Waals surface area contributed by atoms with Gasteiger partial charge in [0.1, 0.15) is 0 Å². The van der Waals surface area contributed by atoms with Gasteiger partial charge in [-0.15, -0.1) is 0 Å². The molecule has 0 saturated carbocycles. The van der Waals surface area contributed by atoms with Crippen molar-refractivity contribution in [3.8, 4) is 0 Å². The molecular formula is C13H15NO2S. The van der Waals surface area contributed by atoms with Gasteiger partial charge in [-0.3, -0.25) is 0 Å². The molecule has 0 unspecified atom stereocenters. The van der Waals surface area contributed by atoms with Crippen LogP contribution < -0.4 is 4.72 Å². The number of hydrogen-bond acceptors (Lipinski definition) is 2. The third-order valence-corrected chi connectivity index (χ3v) is 3.68. The Morgan fingerprint density at radius 3 is 2.47 bits per heavy atom. The molecule has 1 rings (SSSR count). The molecule has 3 nitrogen and oxygen atoms in total. The summed E-state index contributed by atoms with van der Waals surface area (Å²) in [6, 6.07) is 4.88. The van der Waals surface area contributed by atoms with E-state index in [0.29, 0.717) is 0 Å². The van der Waals surface area contributed by atoms with Crippen LogP contribution in [0.4, 0.5) is 0 Å². The van der Waals surface area contributed by atoms with E-state index < -0.39 is 10.0 Å². The molecule has 90 valence electrons. The summed E-state index contributed by atoms with van der Waals surface area (Å²) < 4.78 is 25.5. The summed E-state index contributed by atoms with van der Waals surface area (Å²) in [6.45, 7) is 7.26. The van der Waals surface area contributed by atoms with E-state index in [4.69, 9.17) is 0 Å². The Labute approximate surface area is 102 Å². The standard InChI is InChI=1S/C13H15NO2S/c1-4-6-7-12-8-9-13(10-11(12)5-2)17(15,16)14-3/h4-10,14H,1-2H2,3H3/b7-6-. The van der Waals surface area contributed by atoms with Gasteiger partial charge in [0.2, 0.25) is 10.0 Å². The molecule has 0 aliphatic carbocycles. The molecule has 0 atom stereocenters. The first-order valence-corrected chi connectivity index (χ1v) is 6.52. The maximum Gasteiger partial charge on any atom is 0.240 e. The summed E-state index contributed by atoms with van der Waals surface area (Å²) in [6.07, 6.45) is 6.91. The zero-order valence-electron chi connectivity index (χ0n) is 9.68. The highest BCUT2D eigenvalue weighted by molar-refractivity contribution is 7.89. The van der Waals surface area contributed by atoms with Crippen molar-refractivity contribution in [2.24, 2.45) is 0 Å². The van der Waals surface area contributed by atoms with Crippen LogP contribution in [0.25, 0.3) is 12.2 Å². The molecule has 0 radical (unpaired) electrons. The van der Waals surface area contributed by atoms with Crippen molar-refractivity contribution in [1.82, 2.24) is 4.72 Å². The molecule has 0 spiro atoms. The van der Waals surface area contributed by atoms with Crippen molar-refractivity contribution < 1.29 is 8.42 Å². The van der Waals surface area contributed by atoms with Gasteiger partial charge in [-0.1, -0.05) is 43.5 Å². The number of nitrogens with one attached hydrogen (secondary N) is 1. The van der Waals surface area contributed by atoms with Gasteiger partial charge < -0.3 is 0 Å². The fraction of sp³-hybridized carbons (Fsp3) is 0.0769. The minimum atomic E-state index is -3.41. The molecule has 1 N–H and O–H groups in total. The largest absolute Gasteiger partial charge is 0.240 e. The van der Waals surface area contributed by atoms with Gasteiger partial charge in [0, 0.05) is 0 Å². The third kappa shape index (κ3) is 3.15. The first-order chi connectivity index (χ1) is 8.05. The maximum atomic E-state index is 11.6. The number of benzene rings is 1. The van der Waals surface area contributed by atoms with Crippen LogP contribution >= 0.6 is 0 Å². The molecule has 0 bridgehead atoms. The molecular weight excluding hydrogens is 234 g/mol. The number of allylic oxidation sites excluding steroid dienone is 2. The van der Waals surface area contributed by atoms with E-state index in [-0.39, 0.29) is 4.90 Å². The zero-order valence-corrected chi connectivity index (χ0v) is 10.5. The Balaban J connectivity index is 3.31. The lowest BCUT2D eigenvalue weighted by Gasteiger charge is -2.06. The summed E-state index contributed by atoms with van der Waals surface area (Å²) in [4.78, 5) is 0.227. The lowest BCUT2D eigenvalue weighted by atomic mass is 10.1. The first-order valence-electron chi connectivity index (χ1n) is 5.04. The van der Waals surface area contributed by atoms with Gasteiger partial charge in [0.05, 0.1) is 4.90 Å². The van der Waals surface area contributed by atoms with Crippen LogP contribution in [0.15, 0.2) is 48.4 Å². The average Bonchev–Trinajstić information content (AvgIpc) is 2.35. The van der Waals surface area contributed by atoms with Gasteiger partial charge in [0.25, 0.3) is 0 Å². The molecule has 0 fully saturated rings. The molecule has 17 heavy (non-hydrogen) atoms. The van der Waals surface area contributed by atoms with E-state index in [9.17, 15) is 8.42 Å². The third-order valence-electron chi connectivity index (χ3n) is 2.27. The second kappa shape index (κ2) is 5.61. The molecule has 0 aliphatic rings. The second-order valence-electron chi connectivity index (χ2n) is 3.30. The lowest BCUT2D eigenvalue weighted by molar-refractivity contribution is 0.588. The highest BCUT2D eigenvalue weighted by atomic mass is 32.2. The predicted octanol–water partition coefficient (Wildman–Crippen LogP) is 2.44. The SMILES string of the molecule is C=C/C=C\c1ccc(S(=O)(=O)NC)cc1C=C. The van der Waals surface area contributed by atoms with Gasteiger partial charge in [-0.25, -0.2) is 13.1 Å². The van der Waals surface area contributed by atoms with Crippen molar-refractivity contribution in [2.45, 2.75) is 4.90 Å². The molecule has 1 aromatic rings. The number of sulfonamides is 1. The summed E-state index contributed by atoms with van der Waals surface area (Å²) in [5, 5.41) is 0. The van der Waals surface area contributed by atoms with Crippen LogP contribution in [-0.2, 0) is 10.0 Å². The molecule has 0 aliphatic heterocycles. The van der Waals surface area contributed by atoms with Crippen LogP contribution in [0.3, 0.4) is 0 Å². The topological polar surface area (TPSA) is 46.2 Å². The maximum absolute atomic E-state index is 11.6. The normalized spacial score (nSPS) is 11.6. The van der Waals surface area contributed by atoms with Crippen molar-refractivity contribution in [2.75, 3.05) is 7.05 Å². The van der Waals surface area contributed by atoms with Crippen LogP contribution in [0.2, 0.25) is 0 Å². The smallest absolute Gasteiger partial charge is 0.214 e. The Kier molecular flexibility index (Phi) is 4.43. The van der Waals surface area contributed by atoms with E-state index >= 15 is 0 Å². The summed E-state index contributed by atoms with van der Waals surface area (Å²) in [7, 11) is -2.03. The molecule has 0 heterocycles. The van der Waals surface area contributed by atoms with Crippen LogP contribution in [-0.4, -0.2) is 15.5 Å². The minimum absolute atomic E-state index is 0.227. The van der Waals surface area contributed by atoms with Crippen molar-refractivity contribution in [3.63, 3.8) is 0 Å². The van der Waals surface area contributed by atoms with E-state index in [1.54, 1.807) is 36.4 Å². The zero-order chi connectivity index (χ0) is 12.9. The fourth-order valence-electron chi connectivity index (χ4n) is 1.34. The van der Waals surface area contributed by atoms with Gasteiger partial charge in [-0.2, -0.15) is 0 Å². The van der Waals surface area contributed by atoms with Crippen molar-refractivity contribution >= 4 is 22.2 Å². The lowest BCUT2D eigenvalue weighted by Crippen LogP contribution is -2.18. The van der Waals surface area contributed by atoms with Crippen LogP contribution in [0.5, 0.6) is 0 Å². The molecule has 0 amide bonds. The minimum Gasteiger partial charge on any atom is -0.214 e.